The molecule has 0 heterocycles. The van der Waals surface area contributed by atoms with E-state index in [0.717, 1.165) is 4.47 Å². The number of rotatable bonds is 4. The van der Waals surface area contributed by atoms with Gasteiger partial charge in [0, 0.05) is 11.1 Å². The molecule has 78 valence electrons. The van der Waals surface area contributed by atoms with Crippen LogP contribution < -0.4 is 0 Å². The van der Waals surface area contributed by atoms with E-state index in [4.69, 9.17) is 5.11 Å². The molecular weight excluding hydrogens is 268 g/mol. The van der Waals surface area contributed by atoms with Crippen LogP contribution in [0.3, 0.4) is 0 Å². The second kappa shape index (κ2) is 4.91. The van der Waals surface area contributed by atoms with E-state index < -0.39 is 9.84 Å². The van der Waals surface area contributed by atoms with Crippen molar-refractivity contribution in [3.63, 3.8) is 0 Å². The minimum absolute atomic E-state index is 0.0139. The average molecular weight is 279 g/mol. The summed E-state index contributed by atoms with van der Waals surface area (Å²) in [4.78, 5) is 0.292. The van der Waals surface area contributed by atoms with E-state index in [1.54, 1.807) is 24.3 Å². The van der Waals surface area contributed by atoms with Gasteiger partial charge in [-0.3, -0.25) is 0 Å². The molecule has 0 bridgehead atoms. The minimum Gasteiger partial charge on any atom is -0.396 e. The second-order valence-corrected chi connectivity index (χ2v) is 5.88. The number of hydrogen-bond acceptors (Lipinski definition) is 3. The number of aliphatic hydroxyl groups excluding tert-OH is 1. The first-order valence-electron chi connectivity index (χ1n) is 4.15. The third-order valence-electron chi connectivity index (χ3n) is 1.73. The molecule has 1 N–H and O–H groups in total. The summed E-state index contributed by atoms with van der Waals surface area (Å²) < 4.78 is 24.0. The molecule has 14 heavy (non-hydrogen) atoms. The molecule has 0 saturated carbocycles. The van der Waals surface area contributed by atoms with Gasteiger partial charge in [-0.25, -0.2) is 8.42 Å². The third kappa shape index (κ3) is 3.08. The largest absolute Gasteiger partial charge is 0.396 e. The van der Waals surface area contributed by atoms with Gasteiger partial charge in [-0.05, 0) is 24.6 Å². The molecule has 0 aliphatic carbocycles. The Bertz CT molecular complexity index is 400. The fourth-order valence-corrected chi connectivity index (χ4v) is 2.92. The van der Waals surface area contributed by atoms with Crippen molar-refractivity contribution in [2.24, 2.45) is 0 Å². The van der Waals surface area contributed by atoms with Crippen LogP contribution in [0.4, 0.5) is 0 Å². The van der Waals surface area contributed by atoms with Crippen molar-refractivity contribution in [3.8, 4) is 0 Å². The topological polar surface area (TPSA) is 54.4 Å². The Hall–Kier alpha value is -0.390. The fraction of sp³-hybridized carbons (Fsp3) is 0.333. The molecule has 0 saturated heterocycles. The Kier molecular flexibility index (Phi) is 4.10. The van der Waals surface area contributed by atoms with Crippen LogP contribution in [0.1, 0.15) is 6.42 Å². The highest BCUT2D eigenvalue weighted by Crippen LogP contribution is 2.17. The third-order valence-corrected chi connectivity index (χ3v) is 4.02. The summed E-state index contributed by atoms with van der Waals surface area (Å²) in [5.74, 6) is -0.0139. The minimum atomic E-state index is -3.23. The van der Waals surface area contributed by atoms with Crippen LogP contribution >= 0.6 is 15.9 Å². The molecule has 0 fully saturated rings. The van der Waals surface area contributed by atoms with Gasteiger partial charge in [0.1, 0.15) is 0 Å². The Morgan fingerprint density at radius 2 is 2.07 bits per heavy atom. The van der Waals surface area contributed by atoms with Crippen molar-refractivity contribution >= 4 is 25.8 Å². The maximum atomic E-state index is 11.6. The highest BCUT2D eigenvalue weighted by atomic mass is 79.9. The average Bonchev–Trinajstić information content (AvgIpc) is 2.15. The quantitative estimate of drug-likeness (QED) is 0.911. The van der Waals surface area contributed by atoms with Crippen molar-refractivity contribution in [1.82, 2.24) is 0 Å². The molecule has 0 amide bonds. The Labute approximate surface area is 91.8 Å². The normalized spacial score (nSPS) is 11.6. The van der Waals surface area contributed by atoms with Crippen LogP contribution in [0.2, 0.25) is 0 Å². The Balaban J connectivity index is 2.93. The lowest BCUT2D eigenvalue weighted by molar-refractivity contribution is 0.295. The standard InChI is InChI=1S/C9H11BrO3S/c10-8-3-1-4-9(7-8)14(12,13)6-2-5-11/h1,3-4,7,11H,2,5-6H2. The molecule has 0 spiro atoms. The van der Waals surface area contributed by atoms with Crippen LogP contribution in [0, 0.1) is 0 Å². The molecule has 3 nitrogen and oxygen atoms in total. The Morgan fingerprint density at radius 3 is 2.64 bits per heavy atom. The first kappa shape index (κ1) is 11.7. The van der Waals surface area contributed by atoms with E-state index in [9.17, 15) is 8.42 Å². The first-order valence-corrected chi connectivity index (χ1v) is 6.60. The molecule has 0 atom stereocenters. The van der Waals surface area contributed by atoms with E-state index in [1.165, 1.54) is 0 Å². The van der Waals surface area contributed by atoms with Gasteiger partial charge in [-0.1, -0.05) is 22.0 Å². The molecule has 1 aromatic carbocycles. The lowest BCUT2D eigenvalue weighted by Gasteiger charge is -2.03. The summed E-state index contributed by atoms with van der Waals surface area (Å²) in [6, 6.07) is 6.56. The van der Waals surface area contributed by atoms with E-state index >= 15 is 0 Å². The van der Waals surface area contributed by atoms with Crippen LogP contribution in [-0.4, -0.2) is 25.9 Å². The second-order valence-electron chi connectivity index (χ2n) is 2.85. The van der Waals surface area contributed by atoms with E-state index in [-0.39, 0.29) is 18.8 Å². The van der Waals surface area contributed by atoms with Gasteiger partial charge in [0.15, 0.2) is 9.84 Å². The maximum Gasteiger partial charge on any atom is 0.178 e. The molecular formula is C9H11BrO3S. The lowest BCUT2D eigenvalue weighted by atomic mass is 10.4. The first-order chi connectivity index (χ1) is 6.56. The molecule has 1 rings (SSSR count). The maximum absolute atomic E-state index is 11.6. The van der Waals surface area contributed by atoms with E-state index in [2.05, 4.69) is 15.9 Å². The van der Waals surface area contributed by atoms with Gasteiger partial charge in [-0.2, -0.15) is 0 Å². The van der Waals surface area contributed by atoms with Gasteiger partial charge in [0.25, 0.3) is 0 Å². The van der Waals surface area contributed by atoms with Crippen LogP contribution in [0.25, 0.3) is 0 Å². The molecule has 5 heteroatoms. The number of sulfone groups is 1. The SMILES string of the molecule is O=S(=O)(CCCO)c1cccc(Br)c1. The molecule has 0 unspecified atom stereocenters. The monoisotopic (exact) mass is 278 g/mol. The zero-order valence-corrected chi connectivity index (χ0v) is 9.88. The highest BCUT2D eigenvalue weighted by Gasteiger charge is 2.13. The molecule has 1 aromatic rings. The van der Waals surface area contributed by atoms with Gasteiger partial charge in [0.2, 0.25) is 0 Å². The number of aliphatic hydroxyl groups is 1. The van der Waals surface area contributed by atoms with E-state index in [0.29, 0.717) is 4.90 Å². The predicted molar refractivity (Wildman–Crippen MR) is 57.9 cm³/mol. The summed E-state index contributed by atoms with van der Waals surface area (Å²) in [5.41, 5.74) is 0. The van der Waals surface area contributed by atoms with Crippen LogP contribution in [0.5, 0.6) is 0 Å². The van der Waals surface area contributed by atoms with Gasteiger partial charge < -0.3 is 5.11 Å². The number of benzene rings is 1. The summed E-state index contributed by atoms with van der Waals surface area (Å²) in [6.45, 7) is -0.104. The molecule has 0 radical (unpaired) electrons. The molecule has 0 aliphatic rings. The highest BCUT2D eigenvalue weighted by molar-refractivity contribution is 9.10. The van der Waals surface area contributed by atoms with Gasteiger partial charge in [0.05, 0.1) is 10.6 Å². The van der Waals surface area contributed by atoms with E-state index in [1.807, 2.05) is 0 Å². The predicted octanol–water partition coefficient (Wildman–Crippen LogP) is 1.61. The summed E-state index contributed by atoms with van der Waals surface area (Å²) in [7, 11) is -3.23. The molecule has 0 aliphatic heterocycles. The van der Waals surface area contributed by atoms with Crippen molar-refractivity contribution in [2.45, 2.75) is 11.3 Å². The van der Waals surface area contributed by atoms with Crippen LogP contribution in [0.15, 0.2) is 33.6 Å². The number of hydrogen-bond donors (Lipinski definition) is 1. The zero-order chi connectivity index (χ0) is 10.6. The smallest absolute Gasteiger partial charge is 0.178 e. The van der Waals surface area contributed by atoms with Gasteiger partial charge in [-0.15, -0.1) is 0 Å². The van der Waals surface area contributed by atoms with Crippen molar-refractivity contribution in [1.29, 1.82) is 0 Å². The summed E-state index contributed by atoms with van der Waals surface area (Å²) >= 11 is 3.21. The summed E-state index contributed by atoms with van der Waals surface area (Å²) in [5, 5.41) is 8.56. The van der Waals surface area contributed by atoms with Crippen molar-refractivity contribution in [2.75, 3.05) is 12.4 Å². The van der Waals surface area contributed by atoms with Crippen molar-refractivity contribution in [3.05, 3.63) is 28.7 Å². The van der Waals surface area contributed by atoms with Crippen LogP contribution in [-0.2, 0) is 9.84 Å². The zero-order valence-electron chi connectivity index (χ0n) is 7.48. The lowest BCUT2D eigenvalue weighted by Crippen LogP contribution is -2.08. The summed E-state index contributed by atoms with van der Waals surface area (Å²) in [6.07, 6.45) is 0.273. The molecule has 0 aromatic heterocycles. The van der Waals surface area contributed by atoms with Crippen molar-refractivity contribution < 1.29 is 13.5 Å². The van der Waals surface area contributed by atoms with Gasteiger partial charge >= 0.3 is 0 Å². The number of halogens is 1. The Morgan fingerprint density at radius 1 is 1.36 bits per heavy atom. The fourth-order valence-electron chi connectivity index (χ4n) is 1.03.